The molecule has 12 heteroatoms. The van der Waals surface area contributed by atoms with Crippen LogP contribution in [-0.4, -0.2) is 30.6 Å². The zero-order valence-electron chi connectivity index (χ0n) is 18.5. The van der Waals surface area contributed by atoms with Crippen LogP contribution < -0.4 is 20.2 Å². The predicted octanol–water partition coefficient (Wildman–Crippen LogP) is 6.01. The van der Waals surface area contributed by atoms with Crippen molar-refractivity contribution in [2.75, 3.05) is 11.9 Å². The summed E-state index contributed by atoms with van der Waals surface area (Å²) in [6.45, 7) is 2.04. The van der Waals surface area contributed by atoms with Gasteiger partial charge in [0.15, 0.2) is 11.5 Å². The molecule has 0 aliphatic heterocycles. The fraction of sp³-hybridized carbons (Fsp3) is 0.0833. The number of halogens is 4. The third-order valence-electron chi connectivity index (χ3n) is 4.41. The topological polar surface area (TPSA) is 106 Å². The number of carbonyl (C=O) groups excluding carboxylic acids is 3. The number of hydrogen-bond donors (Lipinski definition) is 2. The minimum absolute atomic E-state index is 0.103. The van der Waals surface area contributed by atoms with Gasteiger partial charge in [0.1, 0.15) is 0 Å². The van der Waals surface area contributed by atoms with Gasteiger partial charge in [-0.2, -0.15) is 5.10 Å². The predicted molar refractivity (Wildman–Crippen MR) is 140 cm³/mol. The first-order valence-electron chi connectivity index (χ1n) is 10.2. The lowest BCUT2D eigenvalue weighted by Gasteiger charge is -2.12. The summed E-state index contributed by atoms with van der Waals surface area (Å²) in [7, 11) is 0. The Balaban J connectivity index is 1.66. The number of esters is 1. The molecule has 0 saturated heterocycles. The number of amides is 2. The van der Waals surface area contributed by atoms with Crippen LogP contribution in [0.3, 0.4) is 0 Å². The minimum atomic E-state index is -1.03. The maximum Gasteiger partial charge on any atom is 0.345 e. The average molecular weight is 569 g/mol. The Morgan fingerprint density at radius 1 is 0.917 bits per heavy atom. The molecule has 2 N–H and O–H groups in total. The van der Waals surface area contributed by atoms with Gasteiger partial charge in [0.05, 0.1) is 39.1 Å². The van der Waals surface area contributed by atoms with Crippen molar-refractivity contribution in [2.24, 2.45) is 5.10 Å². The third-order valence-corrected chi connectivity index (χ3v) is 5.77. The molecule has 0 bridgehead atoms. The lowest BCUT2D eigenvalue weighted by molar-refractivity contribution is -0.136. The highest BCUT2D eigenvalue weighted by molar-refractivity contribution is 6.45. The molecule has 3 rings (SSSR count). The fourth-order valence-corrected chi connectivity index (χ4v) is 3.60. The standard InChI is InChI=1S/C24H17Cl4N3O5/c1-2-35-20-10-13(6-9-19(20)36-24(34)15-8-7-14(25)11-17(15)27)12-29-31-23(33)22(32)30-18-5-3-4-16(26)21(18)28/h3-12H,2H2,1H3,(H,30,32)(H,31,33)/b29-12-. The van der Waals surface area contributed by atoms with Gasteiger partial charge in [0, 0.05) is 5.02 Å². The molecule has 0 saturated carbocycles. The van der Waals surface area contributed by atoms with Crippen LogP contribution in [-0.2, 0) is 9.59 Å². The molecule has 3 aromatic carbocycles. The summed E-state index contributed by atoms with van der Waals surface area (Å²) in [6, 6.07) is 13.6. The van der Waals surface area contributed by atoms with Crippen molar-refractivity contribution in [1.82, 2.24) is 5.43 Å². The van der Waals surface area contributed by atoms with E-state index in [1.165, 1.54) is 42.6 Å². The number of nitrogens with one attached hydrogen (secondary N) is 2. The second-order valence-electron chi connectivity index (χ2n) is 6.91. The lowest BCUT2D eigenvalue weighted by atomic mass is 10.2. The van der Waals surface area contributed by atoms with Crippen LogP contribution in [0.2, 0.25) is 20.1 Å². The summed E-state index contributed by atoms with van der Waals surface area (Å²) >= 11 is 23.8. The number of rotatable bonds is 7. The van der Waals surface area contributed by atoms with Gasteiger partial charge in [-0.25, -0.2) is 10.2 Å². The van der Waals surface area contributed by atoms with E-state index in [1.54, 1.807) is 25.1 Å². The van der Waals surface area contributed by atoms with Crippen molar-refractivity contribution < 1.29 is 23.9 Å². The van der Waals surface area contributed by atoms with Crippen LogP contribution in [0.4, 0.5) is 5.69 Å². The van der Waals surface area contributed by atoms with Crippen LogP contribution in [0.25, 0.3) is 0 Å². The van der Waals surface area contributed by atoms with E-state index >= 15 is 0 Å². The highest BCUT2D eigenvalue weighted by Gasteiger charge is 2.17. The first-order chi connectivity index (χ1) is 17.2. The molecule has 0 aliphatic rings. The number of nitrogens with zero attached hydrogens (tertiary/aromatic N) is 1. The van der Waals surface area contributed by atoms with Gasteiger partial charge in [-0.15, -0.1) is 0 Å². The Kier molecular flexibility index (Phi) is 9.55. The molecule has 8 nitrogen and oxygen atoms in total. The molecule has 3 aromatic rings. The molecule has 0 heterocycles. The molecular formula is C24H17Cl4N3O5. The quantitative estimate of drug-likeness (QED) is 0.119. The summed E-state index contributed by atoms with van der Waals surface area (Å²) in [6.07, 6.45) is 1.28. The first kappa shape index (κ1) is 27.3. The monoisotopic (exact) mass is 567 g/mol. The maximum atomic E-state index is 12.5. The molecule has 0 atom stereocenters. The van der Waals surface area contributed by atoms with E-state index in [9.17, 15) is 14.4 Å². The normalized spacial score (nSPS) is 10.7. The Bertz CT molecular complexity index is 1350. The molecule has 0 unspecified atom stereocenters. The van der Waals surface area contributed by atoms with Crippen LogP contribution >= 0.6 is 46.4 Å². The molecule has 186 valence electrons. The van der Waals surface area contributed by atoms with E-state index in [2.05, 4.69) is 15.8 Å². The van der Waals surface area contributed by atoms with Crippen LogP contribution in [0.1, 0.15) is 22.8 Å². The van der Waals surface area contributed by atoms with Gasteiger partial charge in [0.2, 0.25) is 0 Å². The van der Waals surface area contributed by atoms with E-state index in [-0.39, 0.29) is 44.4 Å². The van der Waals surface area contributed by atoms with E-state index in [4.69, 9.17) is 55.9 Å². The van der Waals surface area contributed by atoms with E-state index in [1.807, 2.05) is 0 Å². The van der Waals surface area contributed by atoms with Gasteiger partial charge in [-0.3, -0.25) is 9.59 Å². The van der Waals surface area contributed by atoms with Gasteiger partial charge < -0.3 is 14.8 Å². The summed E-state index contributed by atoms with van der Waals surface area (Å²) < 4.78 is 11.0. The van der Waals surface area contributed by atoms with E-state index < -0.39 is 17.8 Å². The largest absolute Gasteiger partial charge is 0.490 e. The molecule has 0 radical (unpaired) electrons. The van der Waals surface area contributed by atoms with Crippen molar-refractivity contribution >= 4 is 76.1 Å². The highest BCUT2D eigenvalue weighted by atomic mass is 35.5. The number of hydrogen-bond acceptors (Lipinski definition) is 6. The van der Waals surface area contributed by atoms with E-state index in [0.717, 1.165) is 0 Å². The van der Waals surface area contributed by atoms with Crippen molar-refractivity contribution in [1.29, 1.82) is 0 Å². The fourth-order valence-electron chi connectivity index (χ4n) is 2.76. The number of anilines is 1. The summed E-state index contributed by atoms with van der Waals surface area (Å²) in [5.74, 6) is -2.32. The Morgan fingerprint density at radius 2 is 1.69 bits per heavy atom. The molecule has 0 aliphatic carbocycles. The summed E-state index contributed by atoms with van der Waals surface area (Å²) in [5.41, 5.74) is 2.91. The smallest absolute Gasteiger partial charge is 0.345 e. The van der Waals surface area contributed by atoms with Crippen molar-refractivity contribution in [3.8, 4) is 11.5 Å². The Morgan fingerprint density at radius 3 is 2.42 bits per heavy atom. The summed E-state index contributed by atoms with van der Waals surface area (Å²) in [4.78, 5) is 36.7. The number of hydrazone groups is 1. The molecule has 2 amide bonds. The lowest BCUT2D eigenvalue weighted by Crippen LogP contribution is -2.32. The van der Waals surface area contributed by atoms with Gasteiger partial charge in [0.25, 0.3) is 0 Å². The Hall–Kier alpha value is -3.30. The third kappa shape index (κ3) is 7.11. The molecule has 0 spiro atoms. The van der Waals surface area contributed by atoms with Gasteiger partial charge >= 0.3 is 17.8 Å². The highest BCUT2D eigenvalue weighted by Crippen LogP contribution is 2.31. The van der Waals surface area contributed by atoms with E-state index in [0.29, 0.717) is 10.6 Å². The van der Waals surface area contributed by atoms with Crippen LogP contribution in [0.15, 0.2) is 59.7 Å². The average Bonchev–Trinajstić information content (AvgIpc) is 2.83. The van der Waals surface area contributed by atoms with Gasteiger partial charge in [-0.05, 0) is 61.0 Å². The van der Waals surface area contributed by atoms with Crippen molar-refractivity contribution in [2.45, 2.75) is 6.92 Å². The van der Waals surface area contributed by atoms with Crippen molar-refractivity contribution in [3.63, 3.8) is 0 Å². The molecule has 36 heavy (non-hydrogen) atoms. The van der Waals surface area contributed by atoms with Crippen LogP contribution in [0.5, 0.6) is 11.5 Å². The van der Waals surface area contributed by atoms with Crippen molar-refractivity contribution in [3.05, 3.63) is 85.8 Å². The summed E-state index contributed by atoms with van der Waals surface area (Å²) in [5, 5.41) is 6.97. The number of benzene rings is 3. The molecule has 0 fully saturated rings. The first-order valence-corrected chi connectivity index (χ1v) is 11.7. The number of ether oxygens (including phenoxy) is 2. The van der Waals surface area contributed by atoms with Crippen LogP contribution in [0, 0.1) is 0 Å². The zero-order chi connectivity index (χ0) is 26.2. The SMILES string of the molecule is CCOc1cc(/C=N\NC(=O)C(=O)Nc2cccc(Cl)c2Cl)ccc1OC(=O)c1ccc(Cl)cc1Cl. The molecular weight excluding hydrogens is 552 g/mol. The molecule has 0 aromatic heterocycles. The van der Waals surface area contributed by atoms with Gasteiger partial charge in [-0.1, -0.05) is 52.5 Å². The maximum absolute atomic E-state index is 12.5. The number of carbonyl (C=O) groups is 3. The Labute approximate surface area is 226 Å². The second kappa shape index (κ2) is 12.6. The second-order valence-corrected chi connectivity index (χ2v) is 8.54. The minimum Gasteiger partial charge on any atom is -0.490 e. The zero-order valence-corrected chi connectivity index (χ0v) is 21.5.